The lowest BCUT2D eigenvalue weighted by atomic mass is 10.2. The van der Waals surface area contributed by atoms with E-state index in [1.54, 1.807) is 0 Å². The van der Waals surface area contributed by atoms with Gasteiger partial charge in [0, 0.05) is 31.4 Å². The molecule has 1 unspecified atom stereocenters. The fraction of sp³-hybridized carbons (Fsp3) is 0.571. The standard InChI is InChI=1S/C14H22N2O/c1-2-16(14-6-4-3-5-7-14)10-8-13-12-17-11-9-15-13/h3-7,13,15H,2,8-12H2,1H3. The molecule has 1 heterocycles. The molecular weight excluding hydrogens is 212 g/mol. The van der Waals surface area contributed by atoms with Crippen LogP contribution >= 0.6 is 0 Å². The molecule has 1 saturated heterocycles. The second-order valence-corrected chi connectivity index (χ2v) is 4.43. The van der Waals surface area contributed by atoms with Crippen LogP contribution < -0.4 is 10.2 Å². The van der Waals surface area contributed by atoms with E-state index < -0.39 is 0 Å². The molecule has 0 spiro atoms. The van der Waals surface area contributed by atoms with Gasteiger partial charge in [0.1, 0.15) is 0 Å². The number of ether oxygens (including phenoxy) is 1. The predicted octanol–water partition coefficient (Wildman–Crippen LogP) is 1.89. The molecule has 3 nitrogen and oxygen atoms in total. The van der Waals surface area contributed by atoms with Crippen molar-refractivity contribution < 1.29 is 4.74 Å². The maximum atomic E-state index is 5.47. The second kappa shape index (κ2) is 6.62. The zero-order valence-corrected chi connectivity index (χ0v) is 10.6. The molecule has 1 fully saturated rings. The number of anilines is 1. The molecule has 0 bridgehead atoms. The first-order valence-corrected chi connectivity index (χ1v) is 6.51. The number of nitrogens with zero attached hydrogens (tertiary/aromatic N) is 1. The van der Waals surface area contributed by atoms with E-state index in [-0.39, 0.29) is 0 Å². The Labute approximate surface area is 104 Å². The quantitative estimate of drug-likeness (QED) is 0.842. The number of rotatable bonds is 5. The first-order valence-electron chi connectivity index (χ1n) is 6.51. The van der Waals surface area contributed by atoms with E-state index in [2.05, 4.69) is 47.5 Å². The summed E-state index contributed by atoms with van der Waals surface area (Å²) in [5.41, 5.74) is 1.31. The molecule has 1 aliphatic rings. The zero-order chi connectivity index (χ0) is 11.9. The Bertz CT molecular complexity index is 309. The van der Waals surface area contributed by atoms with E-state index in [0.29, 0.717) is 6.04 Å². The molecule has 1 aromatic rings. The summed E-state index contributed by atoms with van der Waals surface area (Å²) in [6, 6.07) is 11.1. The molecule has 2 rings (SSSR count). The van der Waals surface area contributed by atoms with Crippen molar-refractivity contribution in [2.75, 3.05) is 37.7 Å². The van der Waals surface area contributed by atoms with Crippen molar-refractivity contribution in [2.45, 2.75) is 19.4 Å². The Hall–Kier alpha value is -1.06. The minimum Gasteiger partial charge on any atom is -0.379 e. The van der Waals surface area contributed by atoms with Gasteiger partial charge >= 0.3 is 0 Å². The van der Waals surface area contributed by atoms with Gasteiger partial charge < -0.3 is 15.0 Å². The van der Waals surface area contributed by atoms with E-state index in [1.807, 2.05) is 0 Å². The highest BCUT2D eigenvalue weighted by Crippen LogP contribution is 2.13. The number of nitrogens with one attached hydrogen (secondary N) is 1. The van der Waals surface area contributed by atoms with Crippen molar-refractivity contribution in [3.05, 3.63) is 30.3 Å². The lowest BCUT2D eigenvalue weighted by molar-refractivity contribution is 0.0748. The Morgan fingerprint density at radius 1 is 1.35 bits per heavy atom. The summed E-state index contributed by atoms with van der Waals surface area (Å²) >= 11 is 0. The molecule has 1 N–H and O–H groups in total. The molecule has 0 radical (unpaired) electrons. The van der Waals surface area contributed by atoms with Gasteiger partial charge in [0.25, 0.3) is 0 Å². The average Bonchev–Trinajstić information content (AvgIpc) is 2.42. The summed E-state index contributed by atoms with van der Waals surface area (Å²) in [5.74, 6) is 0. The fourth-order valence-corrected chi connectivity index (χ4v) is 2.23. The molecule has 3 heteroatoms. The van der Waals surface area contributed by atoms with E-state index in [0.717, 1.165) is 39.3 Å². The van der Waals surface area contributed by atoms with Crippen LogP contribution in [0.1, 0.15) is 13.3 Å². The highest BCUT2D eigenvalue weighted by Gasteiger charge is 2.14. The van der Waals surface area contributed by atoms with E-state index in [4.69, 9.17) is 4.74 Å². The molecule has 0 saturated carbocycles. The van der Waals surface area contributed by atoms with Crippen LogP contribution in [0.15, 0.2) is 30.3 Å². The van der Waals surface area contributed by atoms with Gasteiger partial charge in [-0.25, -0.2) is 0 Å². The average molecular weight is 234 g/mol. The van der Waals surface area contributed by atoms with Crippen molar-refractivity contribution in [3.63, 3.8) is 0 Å². The van der Waals surface area contributed by atoms with Gasteiger partial charge in [0.15, 0.2) is 0 Å². The topological polar surface area (TPSA) is 24.5 Å². The molecular formula is C14H22N2O. The third-order valence-electron chi connectivity index (χ3n) is 3.25. The summed E-state index contributed by atoms with van der Waals surface area (Å²) in [4.78, 5) is 2.41. The maximum Gasteiger partial charge on any atom is 0.0620 e. The summed E-state index contributed by atoms with van der Waals surface area (Å²) in [7, 11) is 0. The van der Waals surface area contributed by atoms with Gasteiger partial charge in [-0.3, -0.25) is 0 Å². The van der Waals surface area contributed by atoms with Gasteiger partial charge in [0.05, 0.1) is 13.2 Å². The third kappa shape index (κ3) is 3.72. The third-order valence-corrected chi connectivity index (χ3v) is 3.25. The first-order chi connectivity index (χ1) is 8.40. The number of benzene rings is 1. The molecule has 1 atom stereocenters. The van der Waals surface area contributed by atoms with Crippen LogP contribution in [0.3, 0.4) is 0 Å². The molecule has 17 heavy (non-hydrogen) atoms. The number of hydrogen-bond donors (Lipinski definition) is 1. The fourth-order valence-electron chi connectivity index (χ4n) is 2.23. The lowest BCUT2D eigenvalue weighted by Crippen LogP contribution is -2.43. The molecule has 0 aliphatic carbocycles. The van der Waals surface area contributed by atoms with Crippen LogP contribution in [0.5, 0.6) is 0 Å². The van der Waals surface area contributed by atoms with Gasteiger partial charge in [-0.2, -0.15) is 0 Å². The lowest BCUT2D eigenvalue weighted by Gasteiger charge is -2.28. The minimum atomic E-state index is 0.515. The van der Waals surface area contributed by atoms with Crippen LogP contribution in [0.25, 0.3) is 0 Å². The monoisotopic (exact) mass is 234 g/mol. The Kier molecular flexibility index (Phi) is 4.83. The van der Waals surface area contributed by atoms with Crippen molar-refractivity contribution in [1.82, 2.24) is 5.32 Å². The van der Waals surface area contributed by atoms with Gasteiger partial charge in [-0.1, -0.05) is 18.2 Å². The highest BCUT2D eigenvalue weighted by atomic mass is 16.5. The summed E-state index contributed by atoms with van der Waals surface area (Å²) in [6.07, 6.45) is 1.14. The van der Waals surface area contributed by atoms with Crippen molar-refractivity contribution >= 4 is 5.69 Å². The highest BCUT2D eigenvalue weighted by molar-refractivity contribution is 5.45. The Morgan fingerprint density at radius 2 is 2.18 bits per heavy atom. The summed E-state index contributed by atoms with van der Waals surface area (Å²) in [5, 5.41) is 3.50. The number of hydrogen-bond acceptors (Lipinski definition) is 3. The van der Waals surface area contributed by atoms with Crippen molar-refractivity contribution in [1.29, 1.82) is 0 Å². The van der Waals surface area contributed by atoms with Gasteiger partial charge in [-0.05, 0) is 25.5 Å². The summed E-state index contributed by atoms with van der Waals surface area (Å²) < 4.78 is 5.47. The van der Waals surface area contributed by atoms with E-state index >= 15 is 0 Å². The minimum absolute atomic E-state index is 0.515. The molecule has 0 amide bonds. The van der Waals surface area contributed by atoms with Crippen LogP contribution in [0.4, 0.5) is 5.69 Å². The van der Waals surface area contributed by atoms with Crippen LogP contribution in [-0.2, 0) is 4.74 Å². The van der Waals surface area contributed by atoms with E-state index in [1.165, 1.54) is 5.69 Å². The van der Waals surface area contributed by atoms with Crippen LogP contribution in [0.2, 0.25) is 0 Å². The number of para-hydroxylation sites is 1. The molecule has 1 aliphatic heterocycles. The SMILES string of the molecule is CCN(CCC1COCCN1)c1ccccc1. The van der Waals surface area contributed by atoms with Crippen molar-refractivity contribution in [2.24, 2.45) is 0 Å². The van der Waals surface area contributed by atoms with Crippen molar-refractivity contribution in [3.8, 4) is 0 Å². The van der Waals surface area contributed by atoms with E-state index in [9.17, 15) is 0 Å². The molecule has 0 aromatic heterocycles. The first kappa shape index (κ1) is 12.4. The van der Waals surface area contributed by atoms with Gasteiger partial charge in [-0.15, -0.1) is 0 Å². The maximum absolute atomic E-state index is 5.47. The zero-order valence-electron chi connectivity index (χ0n) is 10.6. The Morgan fingerprint density at radius 3 is 2.82 bits per heavy atom. The predicted molar refractivity (Wildman–Crippen MR) is 71.6 cm³/mol. The largest absolute Gasteiger partial charge is 0.379 e. The molecule has 94 valence electrons. The van der Waals surface area contributed by atoms with Crippen LogP contribution in [0, 0.1) is 0 Å². The second-order valence-electron chi connectivity index (χ2n) is 4.43. The van der Waals surface area contributed by atoms with Gasteiger partial charge in [0.2, 0.25) is 0 Å². The smallest absolute Gasteiger partial charge is 0.0620 e. The van der Waals surface area contributed by atoms with Crippen LogP contribution in [-0.4, -0.2) is 38.9 Å². The molecule has 1 aromatic carbocycles. The summed E-state index contributed by atoms with van der Waals surface area (Å²) in [6.45, 7) is 7.04. The number of morpholine rings is 1. The normalized spacial score (nSPS) is 20.2. The Balaban J connectivity index is 1.83.